The van der Waals surface area contributed by atoms with E-state index < -0.39 is 0 Å². The van der Waals surface area contributed by atoms with E-state index in [9.17, 15) is 4.79 Å². The van der Waals surface area contributed by atoms with Crippen LogP contribution in [0.4, 0.5) is 5.69 Å². The molecule has 0 saturated carbocycles. The Labute approximate surface area is 143 Å². The fourth-order valence-electron chi connectivity index (χ4n) is 1.75. The standard InChI is InChI=1S/C17H26N4O3/c1-6-10-18-17(19-12-16(22)21(3)4)20-13-8-9-14(24-7-2)15(11-13)23-5/h6,8-9,11H,1,7,10,12H2,2-5H3,(H2,18,19,20). The number of carbonyl (C=O) groups is 1. The van der Waals surface area contributed by atoms with Gasteiger partial charge in [0, 0.05) is 32.4 Å². The summed E-state index contributed by atoms with van der Waals surface area (Å²) in [6, 6.07) is 5.48. The fraction of sp³-hybridized carbons (Fsp3) is 0.412. The lowest BCUT2D eigenvalue weighted by Crippen LogP contribution is -2.33. The normalized spacial score (nSPS) is 10.8. The minimum atomic E-state index is -0.0843. The molecule has 1 rings (SSSR count). The molecule has 2 N–H and O–H groups in total. The highest BCUT2D eigenvalue weighted by molar-refractivity contribution is 5.95. The molecule has 0 spiro atoms. The first-order valence-corrected chi connectivity index (χ1v) is 7.69. The van der Waals surface area contributed by atoms with E-state index in [2.05, 4.69) is 22.2 Å². The summed E-state index contributed by atoms with van der Waals surface area (Å²) >= 11 is 0. The molecule has 0 unspecified atom stereocenters. The predicted molar refractivity (Wildman–Crippen MR) is 97.0 cm³/mol. The van der Waals surface area contributed by atoms with E-state index >= 15 is 0 Å². The predicted octanol–water partition coefficient (Wildman–Crippen LogP) is 1.73. The zero-order valence-electron chi connectivity index (χ0n) is 14.8. The summed E-state index contributed by atoms with van der Waals surface area (Å²) in [6.45, 7) is 6.71. The number of nitrogens with zero attached hydrogens (tertiary/aromatic N) is 2. The minimum absolute atomic E-state index is 0.0492. The molecule has 0 fully saturated rings. The number of benzene rings is 1. The van der Waals surface area contributed by atoms with E-state index in [4.69, 9.17) is 9.47 Å². The van der Waals surface area contributed by atoms with Crippen LogP contribution in [0.5, 0.6) is 11.5 Å². The number of guanidine groups is 1. The van der Waals surface area contributed by atoms with Crippen molar-refractivity contribution in [3.05, 3.63) is 30.9 Å². The number of hydrogen-bond acceptors (Lipinski definition) is 4. The van der Waals surface area contributed by atoms with Crippen molar-refractivity contribution in [2.45, 2.75) is 6.92 Å². The molecule has 24 heavy (non-hydrogen) atoms. The molecule has 7 nitrogen and oxygen atoms in total. The molecular formula is C17H26N4O3. The van der Waals surface area contributed by atoms with Crippen LogP contribution in [0.15, 0.2) is 35.8 Å². The Morgan fingerprint density at radius 3 is 2.71 bits per heavy atom. The van der Waals surface area contributed by atoms with Crippen LogP contribution >= 0.6 is 0 Å². The smallest absolute Gasteiger partial charge is 0.243 e. The van der Waals surface area contributed by atoms with Gasteiger partial charge in [0.15, 0.2) is 17.5 Å². The van der Waals surface area contributed by atoms with Gasteiger partial charge in [-0.25, -0.2) is 4.99 Å². The molecule has 132 valence electrons. The number of amides is 1. The Hall–Kier alpha value is -2.70. The lowest BCUT2D eigenvalue weighted by Gasteiger charge is -2.15. The maximum Gasteiger partial charge on any atom is 0.243 e. The van der Waals surface area contributed by atoms with Gasteiger partial charge in [0.1, 0.15) is 6.54 Å². The Bertz CT molecular complexity index is 585. The Morgan fingerprint density at radius 2 is 2.12 bits per heavy atom. The van der Waals surface area contributed by atoms with Crippen LogP contribution in [0.3, 0.4) is 0 Å². The van der Waals surface area contributed by atoms with Crippen LogP contribution in [0.1, 0.15) is 6.92 Å². The van der Waals surface area contributed by atoms with E-state index in [1.165, 1.54) is 4.90 Å². The lowest BCUT2D eigenvalue weighted by molar-refractivity contribution is -0.127. The molecule has 7 heteroatoms. The molecule has 0 aliphatic heterocycles. The number of hydrogen-bond donors (Lipinski definition) is 2. The number of nitrogens with one attached hydrogen (secondary N) is 2. The van der Waals surface area contributed by atoms with Gasteiger partial charge in [-0.3, -0.25) is 4.79 Å². The van der Waals surface area contributed by atoms with Gasteiger partial charge in [-0.15, -0.1) is 6.58 Å². The van der Waals surface area contributed by atoms with Crippen molar-refractivity contribution >= 4 is 17.6 Å². The van der Waals surface area contributed by atoms with Crippen molar-refractivity contribution < 1.29 is 14.3 Å². The first-order valence-electron chi connectivity index (χ1n) is 7.69. The summed E-state index contributed by atoms with van der Waals surface area (Å²) in [7, 11) is 4.97. The summed E-state index contributed by atoms with van der Waals surface area (Å²) in [6.07, 6.45) is 1.71. The molecule has 1 aromatic rings. The molecule has 1 amide bonds. The monoisotopic (exact) mass is 334 g/mol. The highest BCUT2D eigenvalue weighted by atomic mass is 16.5. The minimum Gasteiger partial charge on any atom is -0.493 e. The van der Waals surface area contributed by atoms with Crippen LogP contribution < -0.4 is 20.1 Å². The zero-order valence-corrected chi connectivity index (χ0v) is 14.8. The number of carbonyl (C=O) groups excluding carboxylic acids is 1. The second kappa shape index (κ2) is 10.1. The number of anilines is 1. The van der Waals surface area contributed by atoms with E-state index in [-0.39, 0.29) is 12.5 Å². The second-order valence-electron chi connectivity index (χ2n) is 5.05. The first-order chi connectivity index (χ1) is 11.5. The number of methoxy groups -OCH3 is 1. The molecule has 0 heterocycles. The molecule has 1 aromatic carbocycles. The van der Waals surface area contributed by atoms with E-state index in [0.717, 1.165) is 5.69 Å². The summed E-state index contributed by atoms with van der Waals surface area (Å²) in [4.78, 5) is 17.5. The maximum absolute atomic E-state index is 11.7. The highest BCUT2D eigenvalue weighted by Gasteiger charge is 2.08. The topological polar surface area (TPSA) is 75.2 Å². The van der Waals surface area contributed by atoms with Crippen LogP contribution in [-0.2, 0) is 4.79 Å². The average molecular weight is 334 g/mol. The third-order valence-electron chi connectivity index (χ3n) is 3.01. The number of aliphatic imine (C=N–C) groups is 1. The van der Waals surface area contributed by atoms with Gasteiger partial charge >= 0.3 is 0 Å². The van der Waals surface area contributed by atoms with Crippen molar-refractivity contribution in [3.63, 3.8) is 0 Å². The third-order valence-corrected chi connectivity index (χ3v) is 3.01. The van der Waals surface area contributed by atoms with E-state index in [0.29, 0.717) is 30.6 Å². The van der Waals surface area contributed by atoms with Crippen molar-refractivity contribution in [1.82, 2.24) is 10.2 Å². The summed E-state index contributed by atoms with van der Waals surface area (Å²) in [5, 5.41) is 6.20. The average Bonchev–Trinajstić information content (AvgIpc) is 2.58. The van der Waals surface area contributed by atoms with Crippen LogP contribution in [0, 0.1) is 0 Å². The molecule has 0 radical (unpaired) electrons. The van der Waals surface area contributed by atoms with Crippen molar-refractivity contribution in [3.8, 4) is 11.5 Å². The summed E-state index contributed by atoms with van der Waals surface area (Å²) in [5.74, 6) is 1.69. The van der Waals surface area contributed by atoms with Gasteiger partial charge < -0.3 is 25.0 Å². The molecule has 0 atom stereocenters. The SMILES string of the molecule is C=CCNC(=NCC(=O)N(C)C)Nc1ccc(OCC)c(OC)c1. The Balaban J connectivity index is 2.90. The molecular weight excluding hydrogens is 308 g/mol. The number of ether oxygens (including phenoxy) is 2. The Morgan fingerprint density at radius 1 is 1.38 bits per heavy atom. The van der Waals surface area contributed by atoms with Gasteiger partial charge in [-0.1, -0.05) is 6.08 Å². The third kappa shape index (κ3) is 6.20. The molecule has 0 bridgehead atoms. The largest absolute Gasteiger partial charge is 0.493 e. The Kier molecular flexibility index (Phi) is 8.18. The fourth-order valence-corrected chi connectivity index (χ4v) is 1.75. The van der Waals surface area contributed by atoms with Crippen molar-refractivity contribution in [2.75, 3.05) is 46.2 Å². The van der Waals surface area contributed by atoms with Gasteiger partial charge in [-0.05, 0) is 19.1 Å². The number of likely N-dealkylation sites (N-methyl/N-ethyl adjacent to an activating group) is 1. The van der Waals surface area contributed by atoms with Crippen molar-refractivity contribution in [2.24, 2.45) is 4.99 Å². The molecule has 0 aliphatic rings. The van der Waals surface area contributed by atoms with Gasteiger partial charge in [-0.2, -0.15) is 0 Å². The van der Waals surface area contributed by atoms with Crippen LogP contribution in [0.25, 0.3) is 0 Å². The molecule has 0 aliphatic carbocycles. The zero-order chi connectivity index (χ0) is 17.9. The van der Waals surface area contributed by atoms with E-state index in [1.807, 2.05) is 25.1 Å². The van der Waals surface area contributed by atoms with Crippen LogP contribution in [0.2, 0.25) is 0 Å². The molecule has 0 aromatic heterocycles. The van der Waals surface area contributed by atoms with Gasteiger partial charge in [0.25, 0.3) is 0 Å². The summed E-state index contributed by atoms with van der Waals surface area (Å²) < 4.78 is 10.8. The maximum atomic E-state index is 11.7. The first kappa shape index (κ1) is 19.3. The quantitative estimate of drug-likeness (QED) is 0.430. The van der Waals surface area contributed by atoms with Gasteiger partial charge in [0.2, 0.25) is 5.91 Å². The lowest BCUT2D eigenvalue weighted by atomic mass is 10.2. The highest BCUT2D eigenvalue weighted by Crippen LogP contribution is 2.30. The van der Waals surface area contributed by atoms with Crippen LogP contribution in [-0.4, -0.2) is 57.7 Å². The second-order valence-corrected chi connectivity index (χ2v) is 5.05. The van der Waals surface area contributed by atoms with E-state index in [1.54, 1.807) is 27.3 Å². The van der Waals surface area contributed by atoms with Crippen molar-refractivity contribution in [1.29, 1.82) is 0 Å². The number of rotatable bonds is 8. The molecule has 0 saturated heterocycles. The van der Waals surface area contributed by atoms with Gasteiger partial charge in [0.05, 0.1) is 13.7 Å². The summed E-state index contributed by atoms with van der Waals surface area (Å²) in [5.41, 5.74) is 0.767.